The molecule has 3 atom stereocenters. The maximum absolute atomic E-state index is 13.2. The molecule has 0 bridgehead atoms. The molecule has 138 valence electrons. The number of aromatic nitrogens is 4. The Labute approximate surface area is 139 Å². The third-order valence-corrected chi connectivity index (χ3v) is 4.09. The van der Waals surface area contributed by atoms with Gasteiger partial charge in [-0.1, -0.05) is 0 Å². The first-order chi connectivity index (χ1) is 11.7. The Kier molecular flexibility index (Phi) is 4.54. The lowest BCUT2D eigenvalue weighted by atomic mass is 10.2. The molecular formula is C11H14F2N6O5S. The highest BCUT2D eigenvalue weighted by Crippen LogP contribution is 2.35. The minimum atomic E-state index is -4.21. The molecule has 2 aromatic rings. The van der Waals surface area contributed by atoms with Gasteiger partial charge in [0.1, 0.15) is 23.9 Å². The fourth-order valence-corrected chi connectivity index (χ4v) is 2.88. The Bertz CT molecular complexity index is 890. The van der Waals surface area contributed by atoms with Gasteiger partial charge in [0.15, 0.2) is 11.9 Å². The van der Waals surface area contributed by atoms with Gasteiger partial charge in [0.2, 0.25) is 0 Å². The van der Waals surface area contributed by atoms with Crippen LogP contribution in [0, 0.1) is 0 Å². The Morgan fingerprint density at radius 1 is 1.48 bits per heavy atom. The van der Waals surface area contributed by atoms with Gasteiger partial charge in [-0.2, -0.15) is 13.5 Å². The van der Waals surface area contributed by atoms with Crippen LogP contribution in [0.5, 0.6) is 0 Å². The maximum Gasteiger partial charge on any atom is 0.333 e. The highest BCUT2D eigenvalue weighted by Gasteiger charge is 2.38. The predicted molar refractivity (Wildman–Crippen MR) is 78.3 cm³/mol. The number of rotatable bonds is 5. The van der Waals surface area contributed by atoms with Crippen molar-refractivity contribution in [3.05, 3.63) is 12.0 Å². The maximum atomic E-state index is 13.2. The number of aliphatic hydroxyl groups is 1. The summed E-state index contributed by atoms with van der Waals surface area (Å²) >= 11 is 0. The second-order valence-corrected chi connectivity index (χ2v) is 6.52. The van der Waals surface area contributed by atoms with Crippen LogP contribution >= 0.6 is 0 Å². The molecule has 1 aliphatic heterocycles. The Hall–Kier alpha value is -2.00. The summed E-state index contributed by atoms with van der Waals surface area (Å²) in [4.78, 5) is 7.56. The first kappa shape index (κ1) is 17.8. The van der Waals surface area contributed by atoms with E-state index in [-0.39, 0.29) is 23.3 Å². The van der Waals surface area contributed by atoms with Crippen LogP contribution < -0.4 is 10.9 Å². The number of hydrogen-bond acceptors (Lipinski definition) is 9. The number of nitrogen functional groups attached to an aromatic ring is 1. The second kappa shape index (κ2) is 6.38. The smallest absolute Gasteiger partial charge is 0.333 e. The first-order valence-electron chi connectivity index (χ1n) is 6.94. The van der Waals surface area contributed by atoms with Gasteiger partial charge in [-0.05, 0) is 0 Å². The Morgan fingerprint density at radius 2 is 2.20 bits per heavy atom. The molecule has 0 spiro atoms. The van der Waals surface area contributed by atoms with Gasteiger partial charge in [0, 0.05) is 6.42 Å². The van der Waals surface area contributed by atoms with Crippen molar-refractivity contribution in [2.75, 3.05) is 12.3 Å². The monoisotopic (exact) mass is 380 g/mol. The summed E-state index contributed by atoms with van der Waals surface area (Å²) in [7, 11) is -4.21. The minimum Gasteiger partial charge on any atom is -0.390 e. The molecular weight excluding hydrogens is 366 g/mol. The molecule has 14 heteroatoms. The SMILES string of the molecule is Nc1ncnc2c1c(C(F)F)nn2[C@H]1C[C@H](O)[C@H](COS(N)(=O)=O)O1. The molecule has 2 aromatic heterocycles. The van der Waals surface area contributed by atoms with Gasteiger partial charge < -0.3 is 15.6 Å². The van der Waals surface area contributed by atoms with Gasteiger partial charge >= 0.3 is 10.3 Å². The van der Waals surface area contributed by atoms with E-state index in [1.807, 2.05) is 0 Å². The molecule has 1 saturated heterocycles. The van der Waals surface area contributed by atoms with E-state index in [0.29, 0.717) is 0 Å². The van der Waals surface area contributed by atoms with Crippen molar-refractivity contribution in [1.29, 1.82) is 0 Å². The van der Waals surface area contributed by atoms with Gasteiger partial charge in [0.25, 0.3) is 6.43 Å². The van der Waals surface area contributed by atoms with Crippen LogP contribution in [0.3, 0.4) is 0 Å². The number of nitrogens with two attached hydrogens (primary N) is 2. The molecule has 1 aliphatic rings. The molecule has 0 radical (unpaired) electrons. The number of fused-ring (bicyclic) bond motifs is 1. The van der Waals surface area contributed by atoms with Gasteiger partial charge in [-0.3, -0.25) is 4.18 Å². The third kappa shape index (κ3) is 3.52. The van der Waals surface area contributed by atoms with E-state index in [2.05, 4.69) is 19.2 Å². The van der Waals surface area contributed by atoms with Gasteiger partial charge in [-0.15, -0.1) is 0 Å². The number of ether oxygens (including phenoxy) is 1. The zero-order valence-corrected chi connectivity index (χ0v) is 13.3. The van der Waals surface area contributed by atoms with E-state index in [1.165, 1.54) is 0 Å². The Morgan fingerprint density at radius 3 is 2.84 bits per heavy atom. The summed E-state index contributed by atoms with van der Waals surface area (Å²) in [5.74, 6) is -0.167. The van der Waals surface area contributed by atoms with Crippen LogP contribution in [0.4, 0.5) is 14.6 Å². The molecule has 3 rings (SSSR count). The number of hydrogen-bond donors (Lipinski definition) is 3. The first-order valence-corrected chi connectivity index (χ1v) is 8.42. The van der Waals surface area contributed by atoms with Crippen LogP contribution in [0.15, 0.2) is 6.33 Å². The topological polar surface area (TPSA) is 168 Å². The van der Waals surface area contributed by atoms with Gasteiger partial charge in [0.05, 0.1) is 18.1 Å². The number of halogens is 2. The summed E-state index contributed by atoms with van der Waals surface area (Å²) in [5, 5.41) is 18.3. The lowest BCUT2D eigenvalue weighted by Gasteiger charge is -2.14. The van der Waals surface area contributed by atoms with Crippen molar-refractivity contribution in [3.63, 3.8) is 0 Å². The fourth-order valence-electron chi connectivity index (χ4n) is 2.55. The zero-order valence-electron chi connectivity index (χ0n) is 12.5. The van der Waals surface area contributed by atoms with Crippen LogP contribution in [-0.4, -0.2) is 52.1 Å². The highest BCUT2D eigenvalue weighted by atomic mass is 32.2. The fraction of sp³-hybridized carbons (Fsp3) is 0.545. The molecule has 3 heterocycles. The Balaban J connectivity index is 1.91. The number of aliphatic hydroxyl groups excluding tert-OH is 1. The minimum absolute atomic E-state index is 0.00742. The van der Waals surface area contributed by atoms with Crippen molar-refractivity contribution in [3.8, 4) is 0 Å². The standard InChI is InChI=1S/C11H14F2N6O5S/c12-9(13)8-7-10(14)16-3-17-11(7)19(18-8)6-1-4(20)5(24-6)2-23-25(15,21)22/h3-6,9,20H,1-2H2,(H2,14,16,17)(H2,15,21,22)/t4-,5-,6+/m0/s1. The number of nitrogens with zero attached hydrogens (tertiary/aromatic N) is 4. The quantitative estimate of drug-likeness (QED) is 0.602. The van der Waals surface area contributed by atoms with Crippen LogP contribution in [0.2, 0.25) is 0 Å². The van der Waals surface area contributed by atoms with E-state index in [0.717, 1.165) is 11.0 Å². The molecule has 11 nitrogen and oxygen atoms in total. The molecule has 25 heavy (non-hydrogen) atoms. The summed E-state index contributed by atoms with van der Waals surface area (Å²) < 4.78 is 59.0. The van der Waals surface area contributed by atoms with Crippen molar-refractivity contribution >= 4 is 27.2 Å². The van der Waals surface area contributed by atoms with Crippen molar-refractivity contribution in [2.45, 2.75) is 31.3 Å². The molecule has 5 N–H and O–H groups in total. The lowest BCUT2D eigenvalue weighted by Crippen LogP contribution is -2.30. The highest BCUT2D eigenvalue weighted by molar-refractivity contribution is 7.84. The van der Waals surface area contributed by atoms with Gasteiger partial charge in [-0.25, -0.2) is 28.6 Å². The van der Waals surface area contributed by atoms with E-state index in [4.69, 9.17) is 15.6 Å². The van der Waals surface area contributed by atoms with Crippen molar-refractivity contribution in [2.24, 2.45) is 5.14 Å². The van der Waals surface area contributed by atoms with Crippen molar-refractivity contribution in [1.82, 2.24) is 19.7 Å². The van der Waals surface area contributed by atoms with Crippen LogP contribution in [-0.2, 0) is 19.2 Å². The average molecular weight is 380 g/mol. The molecule has 0 aliphatic carbocycles. The van der Waals surface area contributed by atoms with E-state index in [1.54, 1.807) is 0 Å². The summed E-state index contributed by atoms with van der Waals surface area (Å²) in [5.41, 5.74) is 5.02. The molecule has 0 saturated carbocycles. The lowest BCUT2D eigenvalue weighted by molar-refractivity contribution is -0.0416. The normalized spacial score (nSPS) is 24.4. The predicted octanol–water partition coefficient (Wildman–Crippen LogP) is -0.785. The molecule has 0 amide bonds. The number of alkyl halides is 2. The van der Waals surface area contributed by atoms with E-state index >= 15 is 0 Å². The third-order valence-electron chi connectivity index (χ3n) is 3.63. The summed E-state index contributed by atoms with van der Waals surface area (Å²) in [6.45, 7) is -0.533. The molecule has 0 unspecified atom stereocenters. The zero-order chi connectivity index (χ0) is 18.4. The number of anilines is 1. The van der Waals surface area contributed by atoms with Crippen LogP contribution in [0.1, 0.15) is 24.8 Å². The van der Waals surface area contributed by atoms with E-state index < -0.39 is 47.5 Å². The molecule has 1 fully saturated rings. The average Bonchev–Trinajstić information content (AvgIpc) is 3.06. The van der Waals surface area contributed by atoms with Crippen molar-refractivity contribution < 1.29 is 31.2 Å². The largest absolute Gasteiger partial charge is 0.390 e. The summed E-state index contributed by atoms with van der Waals surface area (Å²) in [6.07, 6.45) is -5.05. The van der Waals surface area contributed by atoms with E-state index in [9.17, 15) is 22.3 Å². The second-order valence-electron chi connectivity index (χ2n) is 5.30. The summed E-state index contributed by atoms with van der Waals surface area (Å²) in [6, 6.07) is 0. The molecule has 0 aromatic carbocycles. The van der Waals surface area contributed by atoms with Crippen LogP contribution in [0.25, 0.3) is 11.0 Å².